The SMILES string of the molecule is CC(C)N1CCOC(CNCCCOCCO)C1. The lowest BCUT2D eigenvalue weighted by molar-refractivity contribution is -0.0372. The first-order valence-corrected chi connectivity index (χ1v) is 6.99. The number of rotatable bonds is 9. The van der Waals surface area contributed by atoms with Gasteiger partial charge in [-0.2, -0.15) is 0 Å². The van der Waals surface area contributed by atoms with E-state index in [4.69, 9.17) is 14.6 Å². The van der Waals surface area contributed by atoms with Crippen molar-refractivity contribution in [3.05, 3.63) is 0 Å². The van der Waals surface area contributed by atoms with Gasteiger partial charge in [0, 0.05) is 32.3 Å². The first kappa shape index (κ1) is 15.9. The summed E-state index contributed by atoms with van der Waals surface area (Å²) in [5.74, 6) is 0. The molecular weight excluding hydrogens is 232 g/mol. The number of ether oxygens (including phenoxy) is 2. The molecular formula is C13H28N2O3. The van der Waals surface area contributed by atoms with E-state index >= 15 is 0 Å². The molecule has 0 radical (unpaired) electrons. The van der Waals surface area contributed by atoms with Gasteiger partial charge in [-0.1, -0.05) is 0 Å². The smallest absolute Gasteiger partial charge is 0.0826 e. The molecule has 1 fully saturated rings. The van der Waals surface area contributed by atoms with E-state index in [0.29, 0.717) is 25.4 Å². The molecule has 1 atom stereocenters. The van der Waals surface area contributed by atoms with E-state index in [0.717, 1.165) is 39.2 Å². The monoisotopic (exact) mass is 260 g/mol. The molecule has 0 aromatic carbocycles. The van der Waals surface area contributed by atoms with E-state index in [1.165, 1.54) is 0 Å². The summed E-state index contributed by atoms with van der Waals surface area (Å²) in [6, 6.07) is 0.600. The van der Waals surface area contributed by atoms with E-state index < -0.39 is 0 Å². The molecule has 1 aliphatic heterocycles. The molecule has 1 saturated heterocycles. The molecule has 0 aromatic heterocycles. The summed E-state index contributed by atoms with van der Waals surface area (Å²) in [6.45, 7) is 10.5. The second kappa shape index (κ2) is 9.69. The second-order valence-electron chi connectivity index (χ2n) is 4.98. The predicted octanol–water partition coefficient (Wildman–Crippen LogP) is 0.0842. The van der Waals surface area contributed by atoms with Crippen molar-refractivity contribution in [2.45, 2.75) is 32.4 Å². The molecule has 0 spiro atoms. The van der Waals surface area contributed by atoms with Crippen molar-refractivity contribution in [3.8, 4) is 0 Å². The van der Waals surface area contributed by atoms with Gasteiger partial charge in [-0.25, -0.2) is 0 Å². The van der Waals surface area contributed by atoms with Gasteiger partial charge in [-0.3, -0.25) is 4.90 Å². The molecule has 5 heteroatoms. The zero-order valence-electron chi connectivity index (χ0n) is 11.7. The Morgan fingerprint density at radius 1 is 1.44 bits per heavy atom. The summed E-state index contributed by atoms with van der Waals surface area (Å²) >= 11 is 0. The van der Waals surface area contributed by atoms with Crippen LogP contribution >= 0.6 is 0 Å². The molecule has 18 heavy (non-hydrogen) atoms. The summed E-state index contributed by atoms with van der Waals surface area (Å²) in [7, 11) is 0. The van der Waals surface area contributed by atoms with Crippen LogP contribution in [0.5, 0.6) is 0 Å². The fourth-order valence-corrected chi connectivity index (χ4v) is 2.06. The number of hydrogen-bond acceptors (Lipinski definition) is 5. The van der Waals surface area contributed by atoms with Crippen molar-refractivity contribution in [2.75, 3.05) is 52.6 Å². The third-order valence-corrected chi connectivity index (χ3v) is 3.15. The molecule has 5 nitrogen and oxygen atoms in total. The fourth-order valence-electron chi connectivity index (χ4n) is 2.06. The molecule has 1 heterocycles. The zero-order valence-corrected chi connectivity index (χ0v) is 11.7. The highest BCUT2D eigenvalue weighted by molar-refractivity contribution is 4.75. The van der Waals surface area contributed by atoms with Crippen molar-refractivity contribution < 1.29 is 14.6 Å². The van der Waals surface area contributed by atoms with Crippen LogP contribution in [0.15, 0.2) is 0 Å². The Bertz CT molecular complexity index is 203. The third kappa shape index (κ3) is 6.66. The predicted molar refractivity (Wildman–Crippen MR) is 71.8 cm³/mol. The van der Waals surface area contributed by atoms with Crippen LogP contribution in [-0.4, -0.2) is 74.8 Å². The molecule has 2 N–H and O–H groups in total. The minimum Gasteiger partial charge on any atom is -0.394 e. The normalized spacial score (nSPS) is 21.7. The number of morpholine rings is 1. The van der Waals surface area contributed by atoms with Gasteiger partial charge in [0.15, 0.2) is 0 Å². The van der Waals surface area contributed by atoms with E-state index in [9.17, 15) is 0 Å². The maximum Gasteiger partial charge on any atom is 0.0826 e. The third-order valence-electron chi connectivity index (χ3n) is 3.15. The Hall–Kier alpha value is -0.200. The van der Waals surface area contributed by atoms with Gasteiger partial charge >= 0.3 is 0 Å². The van der Waals surface area contributed by atoms with Crippen molar-refractivity contribution in [1.82, 2.24) is 10.2 Å². The van der Waals surface area contributed by atoms with Crippen molar-refractivity contribution >= 4 is 0 Å². The number of aliphatic hydroxyl groups excluding tert-OH is 1. The highest BCUT2D eigenvalue weighted by Gasteiger charge is 2.21. The van der Waals surface area contributed by atoms with Gasteiger partial charge in [0.1, 0.15) is 0 Å². The molecule has 0 saturated carbocycles. The van der Waals surface area contributed by atoms with Gasteiger partial charge in [0.2, 0.25) is 0 Å². The highest BCUT2D eigenvalue weighted by Crippen LogP contribution is 2.07. The van der Waals surface area contributed by atoms with Gasteiger partial charge in [0.25, 0.3) is 0 Å². The van der Waals surface area contributed by atoms with Crippen LogP contribution in [0.2, 0.25) is 0 Å². The van der Waals surface area contributed by atoms with Crippen LogP contribution in [0.1, 0.15) is 20.3 Å². The Morgan fingerprint density at radius 2 is 2.28 bits per heavy atom. The van der Waals surface area contributed by atoms with Crippen molar-refractivity contribution in [1.29, 1.82) is 0 Å². The Balaban J connectivity index is 1.98. The van der Waals surface area contributed by atoms with Crippen LogP contribution in [0, 0.1) is 0 Å². The van der Waals surface area contributed by atoms with E-state index in [1.807, 2.05) is 0 Å². The zero-order chi connectivity index (χ0) is 13.2. The molecule has 108 valence electrons. The van der Waals surface area contributed by atoms with Gasteiger partial charge in [0.05, 0.1) is 25.9 Å². The van der Waals surface area contributed by atoms with Crippen LogP contribution in [0.25, 0.3) is 0 Å². The Kier molecular flexibility index (Phi) is 8.54. The standard InChI is InChI=1S/C13H28N2O3/c1-12(2)15-5-8-18-13(11-15)10-14-4-3-7-17-9-6-16/h12-14,16H,3-11H2,1-2H3. The van der Waals surface area contributed by atoms with Crippen LogP contribution in [0.3, 0.4) is 0 Å². The summed E-state index contributed by atoms with van der Waals surface area (Å²) < 4.78 is 10.9. The Labute approximate surface area is 110 Å². The minimum atomic E-state index is 0.106. The topological polar surface area (TPSA) is 54.0 Å². The second-order valence-corrected chi connectivity index (χ2v) is 4.98. The van der Waals surface area contributed by atoms with Gasteiger partial charge < -0.3 is 19.9 Å². The van der Waals surface area contributed by atoms with Crippen LogP contribution in [-0.2, 0) is 9.47 Å². The molecule has 1 rings (SSSR count). The summed E-state index contributed by atoms with van der Waals surface area (Å²) in [6.07, 6.45) is 1.28. The lowest BCUT2D eigenvalue weighted by Gasteiger charge is -2.35. The minimum absolute atomic E-state index is 0.106. The van der Waals surface area contributed by atoms with E-state index in [2.05, 4.69) is 24.1 Å². The van der Waals surface area contributed by atoms with Crippen molar-refractivity contribution in [3.63, 3.8) is 0 Å². The maximum absolute atomic E-state index is 8.55. The Morgan fingerprint density at radius 3 is 3.00 bits per heavy atom. The molecule has 1 unspecified atom stereocenters. The lowest BCUT2D eigenvalue weighted by Crippen LogP contribution is -2.49. The average Bonchev–Trinajstić information content (AvgIpc) is 2.38. The number of hydrogen-bond donors (Lipinski definition) is 2. The van der Waals surface area contributed by atoms with E-state index in [-0.39, 0.29) is 6.61 Å². The largest absolute Gasteiger partial charge is 0.394 e. The van der Waals surface area contributed by atoms with Crippen LogP contribution < -0.4 is 5.32 Å². The van der Waals surface area contributed by atoms with E-state index in [1.54, 1.807) is 0 Å². The van der Waals surface area contributed by atoms with Crippen LogP contribution in [0.4, 0.5) is 0 Å². The van der Waals surface area contributed by atoms with Gasteiger partial charge in [-0.15, -0.1) is 0 Å². The summed E-state index contributed by atoms with van der Waals surface area (Å²) in [5.41, 5.74) is 0. The fraction of sp³-hybridized carbons (Fsp3) is 1.00. The number of nitrogens with one attached hydrogen (secondary N) is 1. The molecule has 1 aliphatic rings. The number of aliphatic hydroxyl groups is 1. The molecule has 0 bridgehead atoms. The quantitative estimate of drug-likeness (QED) is 0.575. The molecule has 0 amide bonds. The first-order valence-electron chi connectivity index (χ1n) is 6.99. The van der Waals surface area contributed by atoms with Crippen molar-refractivity contribution in [2.24, 2.45) is 0 Å². The lowest BCUT2D eigenvalue weighted by atomic mass is 10.2. The number of nitrogens with zero attached hydrogens (tertiary/aromatic N) is 1. The summed E-state index contributed by atoms with van der Waals surface area (Å²) in [5, 5.41) is 11.9. The van der Waals surface area contributed by atoms with Gasteiger partial charge in [-0.05, 0) is 26.8 Å². The average molecular weight is 260 g/mol. The highest BCUT2D eigenvalue weighted by atomic mass is 16.5. The molecule has 0 aliphatic carbocycles. The maximum atomic E-state index is 8.55. The molecule has 0 aromatic rings. The summed E-state index contributed by atoms with van der Waals surface area (Å²) in [4.78, 5) is 2.46. The first-order chi connectivity index (χ1) is 8.74.